The fourth-order valence-corrected chi connectivity index (χ4v) is 2.29. The predicted molar refractivity (Wildman–Crippen MR) is 62.0 cm³/mol. The molecule has 2 aromatic heterocycles. The van der Waals surface area contributed by atoms with Crippen LogP contribution in [0.4, 0.5) is 0 Å². The molecule has 2 rings (SSSR count). The van der Waals surface area contributed by atoms with Gasteiger partial charge in [0.1, 0.15) is 0 Å². The molecule has 1 N–H and O–H groups in total. The summed E-state index contributed by atoms with van der Waals surface area (Å²) >= 11 is 1.75. The summed E-state index contributed by atoms with van der Waals surface area (Å²) in [5, 5.41) is 5.41. The van der Waals surface area contributed by atoms with E-state index in [1.807, 2.05) is 7.05 Å². The third-order valence-corrected chi connectivity index (χ3v) is 3.13. The van der Waals surface area contributed by atoms with Gasteiger partial charge in [-0.15, -0.1) is 11.3 Å². The number of nitrogens with one attached hydrogen (secondary N) is 1. The molecular formula is C11H13N3S. The van der Waals surface area contributed by atoms with Crippen LogP contribution in [0.2, 0.25) is 0 Å². The Labute approximate surface area is 93.2 Å². The largest absolute Gasteiger partial charge is 0.308 e. The third kappa shape index (κ3) is 2.22. The van der Waals surface area contributed by atoms with Gasteiger partial charge in [0.15, 0.2) is 0 Å². The number of hydrogen-bond acceptors (Lipinski definition) is 4. The summed E-state index contributed by atoms with van der Waals surface area (Å²) in [6.07, 6.45) is 5.21. The molecule has 15 heavy (non-hydrogen) atoms. The van der Waals surface area contributed by atoms with Crippen LogP contribution in [-0.4, -0.2) is 17.0 Å². The van der Waals surface area contributed by atoms with Crippen molar-refractivity contribution in [2.45, 2.75) is 13.0 Å². The highest BCUT2D eigenvalue weighted by molar-refractivity contribution is 7.10. The van der Waals surface area contributed by atoms with Gasteiger partial charge in [-0.3, -0.25) is 9.97 Å². The molecule has 78 valence electrons. The van der Waals surface area contributed by atoms with Crippen LogP contribution < -0.4 is 5.32 Å². The van der Waals surface area contributed by atoms with E-state index in [0.717, 1.165) is 5.69 Å². The lowest BCUT2D eigenvalue weighted by atomic mass is 10.1. The number of rotatable bonds is 3. The molecule has 0 radical (unpaired) electrons. The zero-order valence-corrected chi connectivity index (χ0v) is 9.58. The molecule has 4 heteroatoms. The Morgan fingerprint density at radius 3 is 2.80 bits per heavy atom. The molecule has 0 aliphatic rings. The van der Waals surface area contributed by atoms with E-state index in [1.54, 1.807) is 29.9 Å². The first kappa shape index (κ1) is 10.3. The van der Waals surface area contributed by atoms with E-state index in [9.17, 15) is 0 Å². The second kappa shape index (κ2) is 4.51. The van der Waals surface area contributed by atoms with Gasteiger partial charge in [-0.1, -0.05) is 0 Å². The van der Waals surface area contributed by atoms with Crippen LogP contribution in [0.15, 0.2) is 30.0 Å². The zero-order valence-electron chi connectivity index (χ0n) is 8.77. The normalized spacial score (nSPS) is 12.7. The van der Waals surface area contributed by atoms with E-state index >= 15 is 0 Å². The lowest BCUT2D eigenvalue weighted by Crippen LogP contribution is -2.18. The van der Waals surface area contributed by atoms with Gasteiger partial charge in [0.2, 0.25) is 0 Å². The van der Waals surface area contributed by atoms with E-state index in [4.69, 9.17) is 0 Å². The fourth-order valence-electron chi connectivity index (χ4n) is 1.56. The van der Waals surface area contributed by atoms with Crippen LogP contribution in [0.5, 0.6) is 0 Å². The van der Waals surface area contributed by atoms with Gasteiger partial charge in [0, 0.05) is 17.3 Å². The van der Waals surface area contributed by atoms with Crippen molar-refractivity contribution in [1.82, 2.24) is 15.3 Å². The topological polar surface area (TPSA) is 37.8 Å². The molecule has 0 bridgehead atoms. The monoisotopic (exact) mass is 219 g/mol. The fraction of sp³-hybridized carbons (Fsp3) is 0.273. The summed E-state index contributed by atoms with van der Waals surface area (Å²) in [5.74, 6) is 0. The maximum atomic E-state index is 4.32. The van der Waals surface area contributed by atoms with Crippen LogP contribution in [0.3, 0.4) is 0 Å². The Balaban J connectivity index is 2.33. The van der Waals surface area contributed by atoms with E-state index in [1.165, 1.54) is 10.4 Å². The zero-order chi connectivity index (χ0) is 10.7. The van der Waals surface area contributed by atoms with Gasteiger partial charge in [-0.2, -0.15) is 0 Å². The summed E-state index contributed by atoms with van der Waals surface area (Å²) in [4.78, 5) is 9.72. The van der Waals surface area contributed by atoms with Crippen LogP contribution in [0.1, 0.15) is 22.2 Å². The Hall–Kier alpha value is -1.26. The highest BCUT2D eigenvalue weighted by Gasteiger charge is 2.14. The first-order chi connectivity index (χ1) is 7.31. The van der Waals surface area contributed by atoms with Crippen LogP contribution in [0.25, 0.3) is 0 Å². The SMILES string of the molecule is CNC(c1csc(C)c1)c1cnccn1. The van der Waals surface area contributed by atoms with Crippen molar-refractivity contribution in [2.75, 3.05) is 7.05 Å². The molecule has 0 aliphatic carbocycles. The van der Waals surface area contributed by atoms with Crippen molar-refractivity contribution in [1.29, 1.82) is 0 Å². The molecule has 0 saturated heterocycles. The number of nitrogens with zero attached hydrogens (tertiary/aromatic N) is 2. The highest BCUT2D eigenvalue weighted by Crippen LogP contribution is 2.24. The van der Waals surface area contributed by atoms with Gasteiger partial charge in [-0.05, 0) is 31.0 Å². The van der Waals surface area contributed by atoms with Gasteiger partial charge < -0.3 is 5.32 Å². The molecule has 0 aliphatic heterocycles. The van der Waals surface area contributed by atoms with Crippen molar-refractivity contribution in [3.8, 4) is 0 Å². The molecule has 2 aromatic rings. The van der Waals surface area contributed by atoms with Crippen LogP contribution in [-0.2, 0) is 0 Å². The quantitative estimate of drug-likeness (QED) is 0.859. The minimum Gasteiger partial charge on any atom is -0.308 e. The predicted octanol–water partition coefficient (Wildman–Crippen LogP) is 2.16. The Morgan fingerprint density at radius 2 is 2.27 bits per heavy atom. The first-order valence-corrected chi connectivity index (χ1v) is 5.67. The average Bonchev–Trinajstić information content (AvgIpc) is 2.68. The van der Waals surface area contributed by atoms with Crippen molar-refractivity contribution < 1.29 is 0 Å². The minimum atomic E-state index is 0.142. The second-order valence-electron chi connectivity index (χ2n) is 3.34. The first-order valence-electron chi connectivity index (χ1n) is 4.79. The Bertz CT molecular complexity index is 424. The molecule has 3 nitrogen and oxygen atoms in total. The second-order valence-corrected chi connectivity index (χ2v) is 4.46. The van der Waals surface area contributed by atoms with Crippen molar-refractivity contribution in [2.24, 2.45) is 0 Å². The van der Waals surface area contributed by atoms with Crippen LogP contribution in [0, 0.1) is 6.92 Å². The maximum Gasteiger partial charge on any atom is 0.0801 e. The molecule has 0 aromatic carbocycles. The van der Waals surface area contributed by atoms with Gasteiger partial charge in [0.25, 0.3) is 0 Å². The Morgan fingerprint density at radius 1 is 1.40 bits per heavy atom. The summed E-state index contributed by atoms with van der Waals surface area (Å²) in [6, 6.07) is 2.32. The molecule has 0 fully saturated rings. The molecule has 1 atom stereocenters. The number of hydrogen-bond donors (Lipinski definition) is 1. The summed E-state index contributed by atoms with van der Waals surface area (Å²) in [6.45, 7) is 2.11. The molecule has 0 saturated carbocycles. The lowest BCUT2D eigenvalue weighted by molar-refractivity contribution is 0.669. The molecule has 0 spiro atoms. The molecule has 2 heterocycles. The van der Waals surface area contributed by atoms with E-state index in [0.29, 0.717) is 0 Å². The van der Waals surface area contributed by atoms with Gasteiger partial charge >= 0.3 is 0 Å². The summed E-state index contributed by atoms with van der Waals surface area (Å²) in [5.41, 5.74) is 2.21. The van der Waals surface area contributed by atoms with Crippen molar-refractivity contribution in [3.63, 3.8) is 0 Å². The summed E-state index contributed by atoms with van der Waals surface area (Å²) in [7, 11) is 1.94. The van der Waals surface area contributed by atoms with Crippen molar-refractivity contribution in [3.05, 3.63) is 46.2 Å². The van der Waals surface area contributed by atoms with E-state index < -0.39 is 0 Å². The van der Waals surface area contributed by atoms with E-state index in [-0.39, 0.29) is 6.04 Å². The molecule has 0 amide bonds. The van der Waals surface area contributed by atoms with Crippen LogP contribution >= 0.6 is 11.3 Å². The standard InChI is InChI=1S/C11H13N3S/c1-8-5-9(7-15-8)11(12-2)10-6-13-3-4-14-10/h3-7,11-12H,1-2H3. The number of thiophene rings is 1. The van der Waals surface area contributed by atoms with Gasteiger partial charge in [0.05, 0.1) is 17.9 Å². The molecular weight excluding hydrogens is 206 g/mol. The van der Waals surface area contributed by atoms with E-state index in [2.05, 4.69) is 33.7 Å². The number of aromatic nitrogens is 2. The lowest BCUT2D eigenvalue weighted by Gasteiger charge is -2.13. The minimum absolute atomic E-state index is 0.142. The van der Waals surface area contributed by atoms with Crippen molar-refractivity contribution >= 4 is 11.3 Å². The molecule has 1 unspecified atom stereocenters. The highest BCUT2D eigenvalue weighted by atomic mass is 32.1. The van der Waals surface area contributed by atoms with Gasteiger partial charge in [-0.25, -0.2) is 0 Å². The Kier molecular flexibility index (Phi) is 3.08. The summed E-state index contributed by atoms with van der Waals surface area (Å²) < 4.78 is 0. The number of aryl methyl sites for hydroxylation is 1. The average molecular weight is 219 g/mol. The maximum absolute atomic E-state index is 4.32. The third-order valence-electron chi connectivity index (χ3n) is 2.25. The smallest absolute Gasteiger partial charge is 0.0801 e.